The van der Waals surface area contributed by atoms with E-state index in [-0.39, 0.29) is 11.3 Å². The third-order valence-electron chi connectivity index (χ3n) is 3.12. The summed E-state index contributed by atoms with van der Waals surface area (Å²) in [6.07, 6.45) is 5.09. The molecule has 22 heavy (non-hydrogen) atoms. The molecule has 2 aromatic heterocycles. The van der Waals surface area contributed by atoms with E-state index in [1.54, 1.807) is 6.20 Å². The minimum atomic E-state index is -0.374. The van der Waals surface area contributed by atoms with Crippen LogP contribution in [0, 0.1) is 12.3 Å². The van der Waals surface area contributed by atoms with Crippen LogP contribution >= 0.6 is 0 Å². The van der Waals surface area contributed by atoms with Crippen molar-refractivity contribution in [3.63, 3.8) is 0 Å². The summed E-state index contributed by atoms with van der Waals surface area (Å²) in [5.74, 6) is 2.36. The van der Waals surface area contributed by atoms with Crippen molar-refractivity contribution in [2.45, 2.75) is 27.7 Å². The molecule has 0 bridgehead atoms. The first-order valence-electron chi connectivity index (χ1n) is 7.22. The topological polar surface area (TPSA) is 84.7 Å². The van der Waals surface area contributed by atoms with Crippen LogP contribution in [0.4, 0.5) is 5.82 Å². The minimum Gasteiger partial charge on any atom is -0.368 e. The highest BCUT2D eigenvalue weighted by atomic mass is 16.2. The van der Waals surface area contributed by atoms with Gasteiger partial charge in [0.25, 0.3) is 0 Å². The van der Waals surface area contributed by atoms with E-state index in [1.165, 1.54) is 6.33 Å². The molecule has 0 unspecified atom stereocenters. The number of nitrogens with zero attached hydrogens (tertiary/aromatic N) is 4. The van der Waals surface area contributed by atoms with Gasteiger partial charge in [0.05, 0.1) is 0 Å². The van der Waals surface area contributed by atoms with E-state index in [1.807, 2.05) is 44.5 Å². The number of anilines is 1. The molecule has 2 aromatic rings. The highest BCUT2D eigenvalue weighted by Gasteiger charge is 2.20. The van der Waals surface area contributed by atoms with Crippen LogP contribution in [0.15, 0.2) is 24.8 Å². The molecule has 0 fully saturated rings. The Balaban J connectivity index is 1.89. The highest BCUT2D eigenvalue weighted by molar-refractivity contribution is 5.81. The lowest BCUT2D eigenvalue weighted by Gasteiger charge is -2.17. The maximum Gasteiger partial charge on any atom is 0.225 e. The lowest BCUT2D eigenvalue weighted by Crippen LogP contribution is -2.37. The zero-order chi connectivity index (χ0) is 16.2. The minimum absolute atomic E-state index is 0.0340. The second-order valence-electron chi connectivity index (χ2n) is 6.04. The lowest BCUT2D eigenvalue weighted by molar-refractivity contribution is -0.128. The summed E-state index contributed by atoms with van der Waals surface area (Å²) >= 11 is 0. The third-order valence-corrected chi connectivity index (χ3v) is 3.12. The smallest absolute Gasteiger partial charge is 0.225 e. The number of hydrogen-bond donors (Lipinski definition) is 2. The van der Waals surface area contributed by atoms with Crippen LogP contribution < -0.4 is 10.6 Å². The van der Waals surface area contributed by atoms with E-state index in [0.717, 1.165) is 11.6 Å². The first-order chi connectivity index (χ1) is 10.4. The van der Waals surface area contributed by atoms with Gasteiger partial charge >= 0.3 is 0 Å². The van der Waals surface area contributed by atoms with Gasteiger partial charge in [0.1, 0.15) is 23.8 Å². The molecule has 0 radical (unpaired) electrons. The Bertz CT molecular complexity index is 643. The predicted molar refractivity (Wildman–Crippen MR) is 84.8 cm³/mol. The largest absolute Gasteiger partial charge is 0.368 e. The second-order valence-corrected chi connectivity index (χ2v) is 6.04. The van der Waals surface area contributed by atoms with E-state index in [9.17, 15) is 4.79 Å². The van der Waals surface area contributed by atoms with Crippen LogP contribution in [0.5, 0.6) is 0 Å². The zero-order valence-corrected chi connectivity index (χ0v) is 13.4. The number of rotatable bonds is 5. The first kappa shape index (κ1) is 15.9. The van der Waals surface area contributed by atoms with Gasteiger partial charge in [-0.05, 0) is 6.92 Å². The fourth-order valence-corrected chi connectivity index (χ4v) is 1.83. The molecule has 0 aliphatic heterocycles. The van der Waals surface area contributed by atoms with Crippen molar-refractivity contribution in [1.82, 2.24) is 24.8 Å². The summed E-state index contributed by atoms with van der Waals surface area (Å²) in [7, 11) is 0. The number of hydrogen-bond acceptors (Lipinski definition) is 5. The maximum absolute atomic E-state index is 11.7. The summed E-state index contributed by atoms with van der Waals surface area (Å²) in [4.78, 5) is 24.3. The van der Waals surface area contributed by atoms with Crippen LogP contribution in [0.2, 0.25) is 0 Å². The summed E-state index contributed by atoms with van der Waals surface area (Å²) < 4.78 is 1.88. The molecule has 2 rings (SSSR count). The second kappa shape index (κ2) is 6.55. The van der Waals surface area contributed by atoms with Crippen molar-refractivity contribution in [1.29, 1.82) is 0 Å². The molecule has 118 valence electrons. The van der Waals surface area contributed by atoms with E-state index >= 15 is 0 Å². The molecule has 2 N–H and O–H groups in total. The zero-order valence-electron chi connectivity index (χ0n) is 13.4. The molecule has 0 aliphatic rings. The van der Waals surface area contributed by atoms with Crippen molar-refractivity contribution in [2.75, 3.05) is 18.4 Å². The third kappa shape index (κ3) is 4.03. The van der Waals surface area contributed by atoms with Gasteiger partial charge in [-0.15, -0.1) is 0 Å². The van der Waals surface area contributed by atoms with Crippen molar-refractivity contribution in [3.05, 3.63) is 30.6 Å². The maximum atomic E-state index is 11.7. The Morgan fingerprint density at radius 3 is 2.64 bits per heavy atom. The molecule has 0 aliphatic carbocycles. The molecule has 7 heteroatoms. The molecule has 0 saturated carbocycles. The fourth-order valence-electron chi connectivity index (χ4n) is 1.83. The summed E-state index contributed by atoms with van der Waals surface area (Å²) in [6.45, 7) is 8.72. The first-order valence-corrected chi connectivity index (χ1v) is 7.22. The van der Waals surface area contributed by atoms with Crippen molar-refractivity contribution in [3.8, 4) is 5.82 Å². The average molecular weight is 302 g/mol. The number of imidazole rings is 1. The Morgan fingerprint density at radius 1 is 1.23 bits per heavy atom. The van der Waals surface area contributed by atoms with E-state index < -0.39 is 0 Å². The van der Waals surface area contributed by atoms with Gasteiger partial charge in [0.2, 0.25) is 5.91 Å². The van der Waals surface area contributed by atoms with Gasteiger partial charge in [-0.3, -0.25) is 9.36 Å². The van der Waals surface area contributed by atoms with Crippen molar-refractivity contribution >= 4 is 11.7 Å². The number of aryl methyl sites for hydroxylation is 1. The van der Waals surface area contributed by atoms with Gasteiger partial charge in [-0.25, -0.2) is 15.0 Å². The Labute approximate surface area is 130 Å². The standard InChI is InChI=1S/C15H22N6O/c1-11-16-7-8-21(11)13-9-12(19-10-20-13)17-5-6-18-14(22)15(2,3)4/h7-10H,5-6H2,1-4H3,(H,18,22)(H,17,19,20). The van der Waals surface area contributed by atoms with E-state index in [4.69, 9.17) is 0 Å². The number of carbonyl (C=O) groups is 1. The van der Waals surface area contributed by atoms with Gasteiger partial charge in [0.15, 0.2) is 0 Å². The quantitative estimate of drug-likeness (QED) is 0.819. The van der Waals surface area contributed by atoms with Crippen LogP contribution in [-0.2, 0) is 4.79 Å². The summed E-state index contributed by atoms with van der Waals surface area (Å²) in [5.41, 5.74) is -0.374. The Hall–Kier alpha value is -2.44. The van der Waals surface area contributed by atoms with Crippen LogP contribution in [0.1, 0.15) is 26.6 Å². The van der Waals surface area contributed by atoms with Gasteiger partial charge in [0, 0.05) is 37.0 Å². The number of carbonyl (C=O) groups excluding carboxylic acids is 1. The lowest BCUT2D eigenvalue weighted by atomic mass is 9.96. The predicted octanol–water partition coefficient (Wildman–Crippen LogP) is 1.54. The summed E-state index contributed by atoms with van der Waals surface area (Å²) in [5, 5.41) is 6.06. The average Bonchev–Trinajstić information content (AvgIpc) is 2.89. The highest BCUT2D eigenvalue weighted by Crippen LogP contribution is 2.12. The van der Waals surface area contributed by atoms with Gasteiger partial charge in [-0.2, -0.15) is 0 Å². The van der Waals surface area contributed by atoms with Gasteiger partial charge in [-0.1, -0.05) is 20.8 Å². The molecule has 7 nitrogen and oxygen atoms in total. The van der Waals surface area contributed by atoms with Crippen LogP contribution in [0.3, 0.4) is 0 Å². The van der Waals surface area contributed by atoms with Crippen LogP contribution in [-0.4, -0.2) is 38.5 Å². The molecular formula is C15H22N6O. The molecule has 0 saturated heterocycles. The van der Waals surface area contributed by atoms with Crippen molar-refractivity contribution < 1.29 is 4.79 Å². The monoisotopic (exact) mass is 302 g/mol. The molecule has 0 spiro atoms. The number of amides is 1. The molecular weight excluding hydrogens is 280 g/mol. The SMILES string of the molecule is Cc1nccn1-c1cc(NCCNC(=O)C(C)(C)C)ncn1. The number of nitrogens with one attached hydrogen (secondary N) is 2. The number of aromatic nitrogens is 4. The molecule has 1 amide bonds. The van der Waals surface area contributed by atoms with Gasteiger partial charge < -0.3 is 10.6 Å². The Morgan fingerprint density at radius 2 is 2.00 bits per heavy atom. The molecule has 0 aromatic carbocycles. The van der Waals surface area contributed by atoms with Crippen LogP contribution in [0.25, 0.3) is 5.82 Å². The molecule has 0 atom stereocenters. The normalized spacial score (nSPS) is 11.3. The van der Waals surface area contributed by atoms with E-state index in [2.05, 4.69) is 25.6 Å². The fraction of sp³-hybridized carbons (Fsp3) is 0.467. The summed E-state index contributed by atoms with van der Waals surface area (Å²) in [6, 6.07) is 1.85. The molecule has 2 heterocycles. The van der Waals surface area contributed by atoms with E-state index in [0.29, 0.717) is 18.9 Å². The Kier molecular flexibility index (Phi) is 4.75. The van der Waals surface area contributed by atoms with Crippen molar-refractivity contribution in [2.24, 2.45) is 5.41 Å².